The van der Waals surface area contributed by atoms with Crippen molar-refractivity contribution in [3.05, 3.63) is 0 Å². The average Bonchev–Trinajstić information content (AvgIpc) is 1.86. The molecule has 0 aliphatic rings. The lowest BCUT2D eigenvalue weighted by Gasteiger charge is -2.04. The van der Waals surface area contributed by atoms with Crippen LogP contribution in [0.25, 0.3) is 0 Å². The molecule has 6 N–H and O–H groups in total. The summed E-state index contributed by atoms with van der Waals surface area (Å²) in [4.78, 5) is 10.2. The van der Waals surface area contributed by atoms with E-state index in [1.54, 1.807) is 0 Å². The SMILES string of the molecule is N=C(N)CCC[C@H](N)C(=O)O. The van der Waals surface area contributed by atoms with Crippen molar-refractivity contribution in [1.82, 2.24) is 0 Å². The number of carboxylic acid groups (broad SMARTS) is 1. The normalized spacial score (nSPS) is 12.5. The number of aliphatic carboxylic acids is 1. The molecule has 0 saturated carbocycles. The number of nitrogens with one attached hydrogen (secondary N) is 1. The lowest BCUT2D eigenvalue weighted by molar-refractivity contribution is -0.138. The van der Waals surface area contributed by atoms with Gasteiger partial charge in [0.25, 0.3) is 0 Å². The van der Waals surface area contributed by atoms with Crippen molar-refractivity contribution in [3.8, 4) is 0 Å². The molecule has 0 bridgehead atoms. The molecule has 1 atom stereocenters. The molecule has 5 heteroatoms. The van der Waals surface area contributed by atoms with E-state index in [2.05, 4.69) is 0 Å². The Kier molecular flexibility index (Phi) is 4.21. The summed E-state index contributed by atoms with van der Waals surface area (Å²) in [7, 11) is 0. The summed E-state index contributed by atoms with van der Waals surface area (Å²) in [6.07, 6.45) is 1.35. The quantitative estimate of drug-likeness (QED) is 0.320. The molecule has 0 aromatic rings. The van der Waals surface area contributed by atoms with Crippen LogP contribution in [0.1, 0.15) is 19.3 Å². The van der Waals surface area contributed by atoms with Gasteiger partial charge < -0.3 is 16.6 Å². The highest BCUT2D eigenvalue weighted by molar-refractivity contribution is 5.77. The number of hydrogen-bond acceptors (Lipinski definition) is 3. The third kappa shape index (κ3) is 5.35. The summed E-state index contributed by atoms with van der Waals surface area (Å²) in [6, 6.07) is -0.825. The summed E-state index contributed by atoms with van der Waals surface area (Å²) >= 11 is 0. The number of rotatable bonds is 5. The van der Waals surface area contributed by atoms with Gasteiger partial charge in [0.15, 0.2) is 0 Å². The standard InChI is InChI=1S/C6H13N3O2/c7-4(6(10)11)2-1-3-5(8)9/h4H,1-3,7H2,(H3,8,9)(H,10,11)/t4-/m0/s1. The van der Waals surface area contributed by atoms with E-state index < -0.39 is 12.0 Å². The van der Waals surface area contributed by atoms with Gasteiger partial charge in [-0.3, -0.25) is 10.2 Å². The van der Waals surface area contributed by atoms with Crippen molar-refractivity contribution in [3.63, 3.8) is 0 Å². The van der Waals surface area contributed by atoms with Gasteiger partial charge in [0.05, 0.1) is 5.84 Å². The molecule has 0 aromatic heterocycles. The van der Waals surface area contributed by atoms with Gasteiger partial charge in [0, 0.05) is 6.42 Å². The fourth-order valence-electron chi connectivity index (χ4n) is 0.636. The Bertz CT molecular complexity index is 158. The summed E-state index contributed by atoms with van der Waals surface area (Å²) in [5.74, 6) is -0.934. The van der Waals surface area contributed by atoms with Crippen molar-refractivity contribution in [2.24, 2.45) is 11.5 Å². The minimum atomic E-state index is -1.01. The van der Waals surface area contributed by atoms with Crippen LogP contribution in [0.2, 0.25) is 0 Å². The fourth-order valence-corrected chi connectivity index (χ4v) is 0.636. The zero-order chi connectivity index (χ0) is 8.85. The molecular formula is C6H13N3O2. The topological polar surface area (TPSA) is 113 Å². The van der Waals surface area contributed by atoms with Gasteiger partial charge in [-0.2, -0.15) is 0 Å². The molecule has 11 heavy (non-hydrogen) atoms. The van der Waals surface area contributed by atoms with E-state index in [0.717, 1.165) is 0 Å². The number of hydrogen-bond donors (Lipinski definition) is 4. The molecule has 0 aromatic carbocycles. The Labute approximate surface area is 64.9 Å². The average molecular weight is 159 g/mol. The highest BCUT2D eigenvalue weighted by Crippen LogP contribution is 1.97. The number of carboxylic acids is 1. The van der Waals surface area contributed by atoms with E-state index in [1.165, 1.54) is 0 Å². The fraction of sp³-hybridized carbons (Fsp3) is 0.667. The van der Waals surface area contributed by atoms with Crippen LogP contribution in [0.5, 0.6) is 0 Å². The van der Waals surface area contributed by atoms with Crippen LogP contribution in [0.3, 0.4) is 0 Å². The van der Waals surface area contributed by atoms with Gasteiger partial charge in [0.1, 0.15) is 6.04 Å². The van der Waals surface area contributed by atoms with Gasteiger partial charge >= 0.3 is 5.97 Å². The molecule has 0 spiro atoms. The van der Waals surface area contributed by atoms with Crippen LogP contribution in [0.15, 0.2) is 0 Å². The lowest BCUT2D eigenvalue weighted by Crippen LogP contribution is -2.30. The Morgan fingerprint density at radius 1 is 1.64 bits per heavy atom. The Morgan fingerprint density at radius 2 is 2.18 bits per heavy atom. The predicted molar refractivity (Wildman–Crippen MR) is 41.4 cm³/mol. The first kappa shape index (κ1) is 9.90. The summed E-state index contributed by atoms with van der Waals surface area (Å²) < 4.78 is 0. The van der Waals surface area contributed by atoms with E-state index in [4.69, 9.17) is 22.0 Å². The predicted octanol–water partition coefficient (Wildman–Crippen LogP) is -0.495. The van der Waals surface area contributed by atoms with Crippen LogP contribution < -0.4 is 11.5 Å². The van der Waals surface area contributed by atoms with Gasteiger partial charge in [-0.15, -0.1) is 0 Å². The molecular weight excluding hydrogens is 146 g/mol. The minimum Gasteiger partial charge on any atom is -0.480 e. The Balaban J connectivity index is 3.39. The van der Waals surface area contributed by atoms with Crippen LogP contribution in [-0.4, -0.2) is 23.0 Å². The van der Waals surface area contributed by atoms with E-state index >= 15 is 0 Å². The zero-order valence-corrected chi connectivity index (χ0v) is 6.21. The van der Waals surface area contributed by atoms with Gasteiger partial charge in [-0.05, 0) is 12.8 Å². The van der Waals surface area contributed by atoms with E-state index in [9.17, 15) is 4.79 Å². The highest BCUT2D eigenvalue weighted by atomic mass is 16.4. The Hall–Kier alpha value is -1.10. The molecule has 0 radical (unpaired) electrons. The molecule has 0 heterocycles. The maximum absolute atomic E-state index is 10.2. The first-order valence-electron chi connectivity index (χ1n) is 3.35. The monoisotopic (exact) mass is 159 g/mol. The molecule has 5 nitrogen and oxygen atoms in total. The molecule has 0 rings (SSSR count). The second kappa shape index (κ2) is 4.68. The van der Waals surface area contributed by atoms with Crippen molar-refractivity contribution < 1.29 is 9.90 Å². The largest absolute Gasteiger partial charge is 0.480 e. The van der Waals surface area contributed by atoms with Crippen LogP contribution >= 0.6 is 0 Å². The molecule has 0 fully saturated rings. The molecule has 0 unspecified atom stereocenters. The summed E-state index contributed by atoms with van der Waals surface area (Å²) in [6.45, 7) is 0. The van der Waals surface area contributed by atoms with Crippen LogP contribution in [0, 0.1) is 5.41 Å². The molecule has 64 valence electrons. The molecule has 0 aliphatic carbocycles. The number of nitrogens with two attached hydrogens (primary N) is 2. The second-order valence-corrected chi connectivity index (χ2v) is 2.36. The van der Waals surface area contributed by atoms with E-state index in [-0.39, 0.29) is 5.84 Å². The van der Waals surface area contributed by atoms with Crippen molar-refractivity contribution in [2.45, 2.75) is 25.3 Å². The van der Waals surface area contributed by atoms with Crippen molar-refractivity contribution in [1.29, 1.82) is 5.41 Å². The zero-order valence-electron chi connectivity index (χ0n) is 6.21. The maximum atomic E-state index is 10.2. The smallest absolute Gasteiger partial charge is 0.320 e. The van der Waals surface area contributed by atoms with Gasteiger partial charge in [0.2, 0.25) is 0 Å². The maximum Gasteiger partial charge on any atom is 0.320 e. The molecule has 0 saturated heterocycles. The van der Waals surface area contributed by atoms with Crippen molar-refractivity contribution in [2.75, 3.05) is 0 Å². The minimum absolute atomic E-state index is 0.0718. The molecule has 0 aliphatic heterocycles. The first-order valence-corrected chi connectivity index (χ1v) is 3.35. The van der Waals surface area contributed by atoms with Gasteiger partial charge in [-0.25, -0.2) is 0 Å². The van der Waals surface area contributed by atoms with E-state index in [0.29, 0.717) is 19.3 Å². The van der Waals surface area contributed by atoms with Gasteiger partial charge in [-0.1, -0.05) is 0 Å². The summed E-state index contributed by atoms with van der Waals surface area (Å²) in [5.41, 5.74) is 10.2. The number of carbonyl (C=O) groups is 1. The number of amidine groups is 1. The highest BCUT2D eigenvalue weighted by Gasteiger charge is 2.09. The third-order valence-corrected chi connectivity index (χ3v) is 1.28. The lowest BCUT2D eigenvalue weighted by atomic mass is 10.1. The molecule has 0 amide bonds. The summed E-state index contributed by atoms with van der Waals surface area (Å²) in [5, 5.41) is 15.2. The van der Waals surface area contributed by atoms with Crippen LogP contribution in [-0.2, 0) is 4.79 Å². The van der Waals surface area contributed by atoms with Crippen molar-refractivity contribution >= 4 is 11.8 Å². The third-order valence-electron chi connectivity index (χ3n) is 1.28. The van der Waals surface area contributed by atoms with Crippen LogP contribution in [0.4, 0.5) is 0 Å². The second-order valence-electron chi connectivity index (χ2n) is 2.36. The first-order chi connectivity index (χ1) is 5.04. The Morgan fingerprint density at radius 3 is 2.55 bits per heavy atom. The van der Waals surface area contributed by atoms with E-state index in [1.807, 2.05) is 0 Å².